The van der Waals surface area contributed by atoms with Crippen LogP contribution in [0.25, 0.3) is 0 Å². The molecule has 0 amide bonds. The molecule has 0 aromatic heterocycles. The summed E-state index contributed by atoms with van der Waals surface area (Å²) in [6, 6.07) is 8.15. The number of Topliss-reactive ketones (excluding diaryl/α,β-unsaturated/α-hetero) is 1. The minimum atomic E-state index is 0.00799. The standard InChI is InChI=1S/C17H24O/c1-16(2,3)13-11-9-7-8-10-12(11)15(18)14(13)17(4,5)6/h7-10,13-14H,1-6H3/t13-,14-/m1/s1. The predicted octanol–water partition coefficient (Wildman–Crippen LogP) is 4.67. The first kappa shape index (κ1) is 13.3. The monoisotopic (exact) mass is 244 g/mol. The Labute approximate surface area is 111 Å². The van der Waals surface area contributed by atoms with E-state index in [4.69, 9.17) is 0 Å². The third kappa shape index (κ3) is 2.00. The van der Waals surface area contributed by atoms with Crippen molar-refractivity contribution in [3.8, 4) is 0 Å². The van der Waals surface area contributed by atoms with Crippen LogP contribution in [0.3, 0.4) is 0 Å². The molecule has 0 saturated heterocycles. The fraction of sp³-hybridized carbons (Fsp3) is 0.588. The number of carbonyl (C=O) groups is 1. The van der Waals surface area contributed by atoms with Crippen LogP contribution in [-0.2, 0) is 0 Å². The summed E-state index contributed by atoms with van der Waals surface area (Å²) >= 11 is 0. The summed E-state index contributed by atoms with van der Waals surface area (Å²) in [6.07, 6.45) is 0. The van der Waals surface area contributed by atoms with Crippen molar-refractivity contribution >= 4 is 5.78 Å². The molecule has 0 heterocycles. The maximum absolute atomic E-state index is 12.7. The Morgan fingerprint density at radius 3 is 1.83 bits per heavy atom. The van der Waals surface area contributed by atoms with Crippen molar-refractivity contribution in [1.82, 2.24) is 0 Å². The lowest BCUT2D eigenvalue weighted by molar-refractivity contribution is 0.0727. The first-order valence-electron chi connectivity index (χ1n) is 6.77. The first-order chi connectivity index (χ1) is 8.14. The van der Waals surface area contributed by atoms with Crippen LogP contribution in [-0.4, -0.2) is 5.78 Å². The molecule has 98 valence electrons. The minimum Gasteiger partial charge on any atom is -0.294 e. The topological polar surface area (TPSA) is 17.1 Å². The number of fused-ring (bicyclic) bond motifs is 1. The van der Waals surface area contributed by atoms with Gasteiger partial charge in [-0.1, -0.05) is 65.8 Å². The Balaban J connectivity index is 2.62. The van der Waals surface area contributed by atoms with Gasteiger partial charge in [-0.25, -0.2) is 0 Å². The van der Waals surface area contributed by atoms with Gasteiger partial charge in [-0.3, -0.25) is 4.79 Å². The fourth-order valence-electron chi connectivity index (χ4n) is 3.35. The van der Waals surface area contributed by atoms with Gasteiger partial charge in [0.25, 0.3) is 0 Å². The van der Waals surface area contributed by atoms with Gasteiger partial charge in [-0.15, -0.1) is 0 Å². The summed E-state index contributed by atoms with van der Waals surface area (Å²) in [5.41, 5.74) is 2.31. The maximum Gasteiger partial charge on any atom is 0.167 e. The Morgan fingerprint density at radius 2 is 1.33 bits per heavy atom. The number of hydrogen-bond acceptors (Lipinski definition) is 1. The van der Waals surface area contributed by atoms with Crippen LogP contribution in [0.2, 0.25) is 0 Å². The molecule has 0 fully saturated rings. The molecule has 0 aliphatic heterocycles. The summed E-state index contributed by atoms with van der Waals surface area (Å²) < 4.78 is 0. The zero-order chi connectivity index (χ0) is 13.7. The molecule has 0 radical (unpaired) electrons. The fourth-order valence-corrected chi connectivity index (χ4v) is 3.35. The van der Waals surface area contributed by atoms with Gasteiger partial charge in [0.15, 0.2) is 5.78 Å². The van der Waals surface area contributed by atoms with Crippen LogP contribution in [0, 0.1) is 16.7 Å². The van der Waals surface area contributed by atoms with Crippen molar-refractivity contribution in [2.75, 3.05) is 0 Å². The van der Waals surface area contributed by atoms with Gasteiger partial charge in [0, 0.05) is 17.4 Å². The molecule has 2 atom stereocenters. The molecule has 1 heteroatoms. The van der Waals surface area contributed by atoms with Gasteiger partial charge >= 0.3 is 0 Å². The van der Waals surface area contributed by atoms with Crippen molar-refractivity contribution < 1.29 is 4.79 Å². The summed E-state index contributed by atoms with van der Waals surface area (Å²) in [6.45, 7) is 13.3. The van der Waals surface area contributed by atoms with Gasteiger partial charge in [0.1, 0.15) is 0 Å². The number of rotatable bonds is 0. The molecular weight excluding hydrogens is 220 g/mol. The SMILES string of the molecule is CC(C)(C)[C@@H]1c2ccccc2C(=O)[C@@H]1C(C)(C)C. The number of hydrogen-bond donors (Lipinski definition) is 0. The second kappa shape index (κ2) is 3.94. The van der Waals surface area contributed by atoms with E-state index in [1.807, 2.05) is 12.1 Å². The molecule has 0 unspecified atom stereocenters. The highest BCUT2D eigenvalue weighted by atomic mass is 16.1. The lowest BCUT2D eigenvalue weighted by Crippen LogP contribution is -2.34. The first-order valence-corrected chi connectivity index (χ1v) is 6.77. The average molecular weight is 244 g/mol. The summed E-state index contributed by atoms with van der Waals surface area (Å²) in [4.78, 5) is 12.7. The third-order valence-corrected chi connectivity index (χ3v) is 4.04. The van der Waals surface area contributed by atoms with Gasteiger partial charge < -0.3 is 0 Å². The second-order valence-electron chi connectivity index (χ2n) is 7.64. The smallest absolute Gasteiger partial charge is 0.167 e. The Bertz CT molecular complexity index is 471. The molecule has 1 aliphatic rings. The molecule has 18 heavy (non-hydrogen) atoms. The minimum absolute atomic E-state index is 0.00799. The molecule has 0 N–H and O–H groups in total. The maximum atomic E-state index is 12.7. The average Bonchev–Trinajstić information content (AvgIpc) is 2.52. The van der Waals surface area contributed by atoms with E-state index >= 15 is 0 Å². The van der Waals surface area contributed by atoms with Crippen molar-refractivity contribution in [3.05, 3.63) is 35.4 Å². The quantitative estimate of drug-likeness (QED) is 0.648. The zero-order valence-electron chi connectivity index (χ0n) is 12.4. The van der Waals surface area contributed by atoms with Crippen LogP contribution in [0.15, 0.2) is 24.3 Å². The van der Waals surface area contributed by atoms with E-state index in [2.05, 4.69) is 53.7 Å². The van der Waals surface area contributed by atoms with Crippen molar-refractivity contribution in [3.63, 3.8) is 0 Å². The number of carbonyl (C=O) groups excluding carboxylic acids is 1. The van der Waals surface area contributed by atoms with E-state index < -0.39 is 0 Å². The summed E-state index contributed by atoms with van der Waals surface area (Å²) in [5, 5.41) is 0. The molecule has 1 aromatic rings. The third-order valence-electron chi connectivity index (χ3n) is 4.04. The molecule has 1 nitrogen and oxygen atoms in total. The summed E-state index contributed by atoms with van der Waals surface area (Å²) in [5.74, 6) is 0.745. The summed E-state index contributed by atoms with van der Waals surface area (Å²) in [7, 11) is 0. The van der Waals surface area contributed by atoms with Gasteiger partial charge in [-0.2, -0.15) is 0 Å². The second-order valence-corrected chi connectivity index (χ2v) is 7.64. The van der Waals surface area contributed by atoms with E-state index in [-0.39, 0.29) is 16.7 Å². The van der Waals surface area contributed by atoms with E-state index in [1.165, 1.54) is 5.56 Å². The molecule has 0 bridgehead atoms. The van der Waals surface area contributed by atoms with E-state index in [9.17, 15) is 4.79 Å². The van der Waals surface area contributed by atoms with Crippen LogP contribution in [0.1, 0.15) is 63.4 Å². The molecule has 0 spiro atoms. The van der Waals surface area contributed by atoms with Crippen molar-refractivity contribution in [2.45, 2.75) is 47.5 Å². The Morgan fingerprint density at radius 1 is 0.833 bits per heavy atom. The van der Waals surface area contributed by atoms with Crippen LogP contribution in [0.4, 0.5) is 0 Å². The highest BCUT2D eigenvalue weighted by Gasteiger charge is 2.49. The largest absolute Gasteiger partial charge is 0.294 e. The molecule has 1 aromatic carbocycles. The molecule has 2 rings (SSSR count). The number of benzene rings is 1. The van der Waals surface area contributed by atoms with Gasteiger partial charge in [-0.05, 0) is 16.4 Å². The molecule has 1 aliphatic carbocycles. The molecule has 0 saturated carbocycles. The lowest BCUT2D eigenvalue weighted by atomic mass is 9.64. The van der Waals surface area contributed by atoms with Crippen molar-refractivity contribution in [2.24, 2.45) is 16.7 Å². The Hall–Kier alpha value is -1.11. The normalized spacial score (nSPS) is 24.2. The Kier molecular flexibility index (Phi) is 2.92. The van der Waals surface area contributed by atoms with Crippen LogP contribution >= 0.6 is 0 Å². The lowest BCUT2D eigenvalue weighted by Gasteiger charge is -2.38. The highest BCUT2D eigenvalue weighted by molar-refractivity contribution is 6.03. The highest BCUT2D eigenvalue weighted by Crippen LogP contribution is 2.53. The molecular formula is C17H24O. The van der Waals surface area contributed by atoms with Crippen LogP contribution in [0.5, 0.6) is 0 Å². The van der Waals surface area contributed by atoms with Crippen LogP contribution < -0.4 is 0 Å². The predicted molar refractivity (Wildman–Crippen MR) is 75.9 cm³/mol. The zero-order valence-corrected chi connectivity index (χ0v) is 12.4. The van der Waals surface area contributed by atoms with E-state index in [0.29, 0.717) is 11.7 Å². The van der Waals surface area contributed by atoms with E-state index in [0.717, 1.165) is 5.56 Å². The number of ketones is 1. The van der Waals surface area contributed by atoms with E-state index in [1.54, 1.807) is 0 Å². The van der Waals surface area contributed by atoms with Gasteiger partial charge in [0.2, 0.25) is 0 Å². The van der Waals surface area contributed by atoms with Gasteiger partial charge in [0.05, 0.1) is 0 Å². The van der Waals surface area contributed by atoms with Crippen molar-refractivity contribution in [1.29, 1.82) is 0 Å².